The number of phenolic OH excluding ortho intramolecular Hbond substituents is 1. The van der Waals surface area contributed by atoms with E-state index in [1.807, 2.05) is 13.8 Å². The van der Waals surface area contributed by atoms with Crippen molar-refractivity contribution in [3.63, 3.8) is 0 Å². The van der Waals surface area contributed by atoms with E-state index in [-0.39, 0.29) is 29.2 Å². The Morgan fingerprint density at radius 1 is 1.19 bits per heavy atom. The van der Waals surface area contributed by atoms with E-state index in [4.69, 9.17) is 0 Å². The van der Waals surface area contributed by atoms with Gasteiger partial charge in [-0.05, 0) is 38.1 Å². The molecule has 1 saturated heterocycles. The first-order valence-electron chi connectivity index (χ1n) is 9.72. The lowest BCUT2D eigenvalue weighted by Gasteiger charge is -2.21. The molecule has 0 unspecified atom stereocenters. The predicted molar refractivity (Wildman–Crippen MR) is 108 cm³/mol. The molecule has 1 amide bonds. The Morgan fingerprint density at radius 3 is 2.61 bits per heavy atom. The first-order chi connectivity index (χ1) is 14.6. The number of aromatic hydroxyl groups is 1. The first kappa shape index (κ1) is 20.8. The summed E-state index contributed by atoms with van der Waals surface area (Å²) in [5.41, 5.74) is -0.586. The summed E-state index contributed by atoms with van der Waals surface area (Å²) in [6.07, 6.45) is -1.15. The number of pyridine rings is 1. The minimum atomic E-state index is -4.57. The second kappa shape index (κ2) is 7.68. The molecule has 0 radical (unpaired) electrons. The Hall–Kier alpha value is -3.43. The van der Waals surface area contributed by atoms with E-state index in [2.05, 4.69) is 20.5 Å². The third-order valence-electron chi connectivity index (χ3n) is 5.28. The lowest BCUT2D eigenvalue weighted by molar-refractivity contribution is -0.137. The normalized spacial score (nSPS) is 17.0. The van der Waals surface area contributed by atoms with E-state index < -0.39 is 17.5 Å². The lowest BCUT2D eigenvalue weighted by Crippen LogP contribution is -2.33. The van der Waals surface area contributed by atoms with Gasteiger partial charge in [-0.2, -0.15) is 13.2 Å². The van der Waals surface area contributed by atoms with Crippen LogP contribution in [0.1, 0.15) is 25.8 Å². The van der Waals surface area contributed by atoms with Crippen LogP contribution in [-0.4, -0.2) is 49.7 Å². The smallest absolute Gasteiger partial charge is 0.416 e. The van der Waals surface area contributed by atoms with Gasteiger partial charge < -0.3 is 15.3 Å². The molecule has 2 N–H and O–H groups in total. The van der Waals surface area contributed by atoms with Gasteiger partial charge in [0.15, 0.2) is 5.82 Å². The van der Waals surface area contributed by atoms with Crippen molar-refractivity contribution in [2.24, 2.45) is 0 Å². The van der Waals surface area contributed by atoms with E-state index in [0.717, 1.165) is 6.07 Å². The number of benzene rings is 1. The fourth-order valence-electron chi connectivity index (χ4n) is 3.73. The molecule has 0 bridgehead atoms. The van der Waals surface area contributed by atoms with Crippen molar-refractivity contribution in [2.75, 3.05) is 11.9 Å². The van der Waals surface area contributed by atoms with Crippen LogP contribution in [0.4, 0.5) is 19.0 Å². The Kier molecular flexibility index (Phi) is 5.16. The maximum Gasteiger partial charge on any atom is 0.416 e. The van der Waals surface area contributed by atoms with E-state index >= 15 is 0 Å². The van der Waals surface area contributed by atoms with Crippen LogP contribution in [0.3, 0.4) is 0 Å². The van der Waals surface area contributed by atoms with Gasteiger partial charge in [0, 0.05) is 47.7 Å². The molecular formula is C21H20F3N5O2. The number of nitrogens with zero attached hydrogens (tertiary/aromatic N) is 4. The number of hydrogen-bond acceptors (Lipinski definition) is 6. The number of likely N-dealkylation sites (tertiary alicyclic amines) is 1. The molecule has 3 aromatic rings. The third-order valence-corrected chi connectivity index (χ3v) is 5.28. The summed E-state index contributed by atoms with van der Waals surface area (Å²) in [5.74, 6) is -0.0762. The highest BCUT2D eigenvalue weighted by atomic mass is 19.4. The maximum absolute atomic E-state index is 12.9. The van der Waals surface area contributed by atoms with Gasteiger partial charge in [-0.1, -0.05) is 0 Å². The molecule has 1 aromatic carbocycles. The van der Waals surface area contributed by atoms with Crippen LogP contribution < -0.4 is 5.32 Å². The van der Waals surface area contributed by atoms with Crippen LogP contribution in [0.25, 0.3) is 22.0 Å². The summed E-state index contributed by atoms with van der Waals surface area (Å²) in [4.78, 5) is 18.1. The number of aromatic nitrogens is 3. The van der Waals surface area contributed by atoms with E-state index in [1.165, 1.54) is 12.3 Å². The fraction of sp³-hybridized carbons (Fsp3) is 0.333. The zero-order chi connectivity index (χ0) is 22.3. The molecular weight excluding hydrogens is 411 g/mol. The number of alkyl halides is 3. The average Bonchev–Trinajstić information content (AvgIpc) is 3.08. The van der Waals surface area contributed by atoms with Gasteiger partial charge in [-0.15, -0.1) is 10.2 Å². The highest BCUT2D eigenvalue weighted by Gasteiger charge is 2.33. The van der Waals surface area contributed by atoms with Crippen LogP contribution in [0.15, 0.2) is 36.7 Å². The van der Waals surface area contributed by atoms with Crippen molar-refractivity contribution in [1.82, 2.24) is 20.1 Å². The fourth-order valence-corrected chi connectivity index (χ4v) is 3.73. The van der Waals surface area contributed by atoms with Crippen molar-refractivity contribution < 1.29 is 23.1 Å². The van der Waals surface area contributed by atoms with Crippen LogP contribution in [0.5, 0.6) is 5.75 Å². The van der Waals surface area contributed by atoms with E-state index in [1.54, 1.807) is 17.2 Å². The standard InChI is InChI=1S/C21H20F3N5O2/c1-11(2)29-10-13(8-18(29)31)26-20-16-9-25-6-5-14(16)19(27-28-20)15-4-3-12(7-17(15)30)21(22,23)24/h3-7,9,11,13,30H,8,10H2,1-2H3,(H,26,28)/t13-/m0/s1. The van der Waals surface area contributed by atoms with Crippen LogP contribution >= 0.6 is 0 Å². The van der Waals surface area contributed by atoms with Crippen LogP contribution in [0.2, 0.25) is 0 Å². The van der Waals surface area contributed by atoms with Crippen molar-refractivity contribution in [3.8, 4) is 17.0 Å². The summed E-state index contributed by atoms with van der Waals surface area (Å²) in [5, 5.41) is 23.0. The molecule has 7 nitrogen and oxygen atoms in total. The largest absolute Gasteiger partial charge is 0.507 e. The third kappa shape index (κ3) is 3.97. The summed E-state index contributed by atoms with van der Waals surface area (Å²) in [6, 6.07) is 4.32. The Bertz CT molecular complexity index is 1150. The van der Waals surface area contributed by atoms with Crippen molar-refractivity contribution >= 4 is 22.5 Å². The Morgan fingerprint density at radius 2 is 1.97 bits per heavy atom. The zero-order valence-corrected chi connectivity index (χ0v) is 16.8. The second-order valence-electron chi connectivity index (χ2n) is 7.73. The number of hydrogen-bond donors (Lipinski definition) is 2. The van der Waals surface area contributed by atoms with Crippen molar-refractivity contribution in [1.29, 1.82) is 0 Å². The van der Waals surface area contributed by atoms with Crippen LogP contribution in [0, 0.1) is 0 Å². The molecule has 31 heavy (non-hydrogen) atoms. The SMILES string of the molecule is CC(C)N1C[C@@H](Nc2nnc(-c3ccc(C(F)(F)F)cc3O)c3ccncc23)CC1=O. The Balaban J connectivity index is 1.71. The van der Waals surface area contributed by atoms with E-state index in [0.29, 0.717) is 35.6 Å². The first-order valence-corrected chi connectivity index (χ1v) is 9.72. The highest BCUT2D eigenvalue weighted by Crippen LogP contribution is 2.38. The number of nitrogens with one attached hydrogen (secondary N) is 1. The number of carbonyl (C=O) groups is 1. The minimum Gasteiger partial charge on any atom is -0.507 e. The molecule has 1 fully saturated rings. The van der Waals surface area contributed by atoms with Crippen molar-refractivity contribution in [2.45, 2.75) is 38.5 Å². The number of carbonyl (C=O) groups excluding carboxylic acids is 1. The number of halogens is 3. The number of rotatable bonds is 4. The quantitative estimate of drug-likeness (QED) is 0.652. The molecule has 0 saturated carbocycles. The molecule has 1 atom stereocenters. The monoisotopic (exact) mass is 431 g/mol. The number of phenols is 1. The molecule has 0 spiro atoms. The van der Waals surface area contributed by atoms with Gasteiger partial charge in [-0.25, -0.2) is 0 Å². The number of fused-ring (bicyclic) bond motifs is 1. The minimum absolute atomic E-state index is 0.0502. The van der Waals surface area contributed by atoms with Gasteiger partial charge in [0.05, 0.1) is 11.6 Å². The molecule has 3 heterocycles. The topological polar surface area (TPSA) is 91.2 Å². The lowest BCUT2D eigenvalue weighted by atomic mass is 10.0. The van der Waals surface area contributed by atoms with Gasteiger partial charge in [0.1, 0.15) is 11.4 Å². The van der Waals surface area contributed by atoms with Crippen LogP contribution in [-0.2, 0) is 11.0 Å². The average molecular weight is 431 g/mol. The van der Waals surface area contributed by atoms with Crippen molar-refractivity contribution in [3.05, 3.63) is 42.2 Å². The molecule has 4 rings (SSSR count). The predicted octanol–water partition coefficient (Wildman–Crippen LogP) is 3.84. The van der Waals surface area contributed by atoms with Gasteiger partial charge in [0.25, 0.3) is 0 Å². The summed E-state index contributed by atoms with van der Waals surface area (Å²) >= 11 is 0. The molecule has 162 valence electrons. The summed E-state index contributed by atoms with van der Waals surface area (Å²) in [7, 11) is 0. The molecule has 1 aliphatic rings. The van der Waals surface area contributed by atoms with Gasteiger partial charge in [0.2, 0.25) is 5.91 Å². The Labute approximate surface area is 175 Å². The second-order valence-corrected chi connectivity index (χ2v) is 7.73. The van der Waals surface area contributed by atoms with Gasteiger partial charge in [-0.3, -0.25) is 9.78 Å². The summed E-state index contributed by atoms with van der Waals surface area (Å²) in [6.45, 7) is 4.43. The number of anilines is 1. The molecule has 1 aliphatic heterocycles. The zero-order valence-electron chi connectivity index (χ0n) is 16.8. The molecule has 0 aliphatic carbocycles. The summed E-state index contributed by atoms with van der Waals surface area (Å²) < 4.78 is 38.8. The molecule has 10 heteroatoms. The molecule has 2 aromatic heterocycles. The highest BCUT2D eigenvalue weighted by molar-refractivity contribution is 6.00. The van der Waals surface area contributed by atoms with Gasteiger partial charge >= 0.3 is 6.18 Å². The maximum atomic E-state index is 12.9. The van der Waals surface area contributed by atoms with E-state index in [9.17, 15) is 23.1 Å². The number of amides is 1.